The molecule has 7 heteroatoms. The molecule has 1 heterocycles. The van der Waals surface area contributed by atoms with Gasteiger partial charge in [0.2, 0.25) is 0 Å². The molecule has 0 aliphatic rings. The Morgan fingerprint density at radius 2 is 1.95 bits per heavy atom. The minimum absolute atomic E-state index is 0.00773. The summed E-state index contributed by atoms with van der Waals surface area (Å²) in [7, 11) is 0. The first-order chi connectivity index (χ1) is 10.4. The molecule has 0 aliphatic carbocycles. The molecule has 7 nitrogen and oxygen atoms in total. The summed E-state index contributed by atoms with van der Waals surface area (Å²) in [5, 5.41) is 25.1. The summed E-state index contributed by atoms with van der Waals surface area (Å²) >= 11 is 0. The molecule has 0 spiro atoms. The highest BCUT2D eigenvalue weighted by Gasteiger charge is 2.22. The number of rotatable bonds is 6. The summed E-state index contributed by atoms with van der Waals surface area (Å²) in [6.45, 7) is 5.42. The summed E-state index contributed by atoms with van der Waals surface area (Å²) in [5.74, 6) is 0.670. The summed E-state index contributed by atoms with van der Waals surface area (Å²) in [5.41, 5.74) is 1.89. The van der Waals surface area contributed by atoms with Gasteiger partial charge in [-0.1, -0.05) is 17.7 Å². The first-order valence-corrected chi connectivity index (χ1v) is 6.94. The Morgan fingerprint density at radius 3 is 2.50 bits per heavy atom. The number of ether oxygens (including phenoxy) is 1. The highest BCUT2D eigenvalue weighted by atomic mass is 16.6. The van der Waals surface area contributed by atoms with Crippen LogP contribution in [0, 0.1) is 30.9 Å². The first-order valence-electron chi connectivity index (χ1n) is 6.94. The fourth-order valence-corrected chi connectivity index (χ4v) is 2.21. The molecule has 0 saturated carbocycles. The molecule has 1 atom stereocenters. The van der Waals surface area contributed by atoms with E-state index >= 15 is 0 Å². The van der Waals surface area contributed by atoms with Gasteiger partial charge < -0.3 is 9.84 Å². The lowest BCUT2D eigenvalue weighted by molar-refractivity contribution is -0.386. The fraction of sp³-hybridized carbons (Fsp3) is 0.400. The number of nitrogens with zero attached hydrogens (tertiary/aromatic N) is 3. The minimum atomic E-state index is -0.807. The van der Waals surface area contributed by atoms with Crippen molar-refractivity contribution in [3.05, 3.63) is 51.3 Å². The summed E-state index contributed by atoms with van der Waals surface area (Å²) in [6.07, 6.45) is -0.807. The van der Waals surface area contributed by atoms with E-state index in [0.717, 1.165) is 5.56 Å². The molecule has 0 aliphatic heterocycles. The van der Waals surface area contributed by atoms with Crippen molar-refractivity contribution in [3.8, 4) is 5.75 Å². The van der Waals surface area contributed by atoms with Gasteiger partial charge in [0.05, 0.1) is 11.5 Å². The summed E-state index contributed by atoms with van der Waals surface area (Å²) in [6, 6.07) is 7.50. The SMILES string of the molecule is Cc1ccc(OCC(O)Cn2nc(C)c([N+](=O)[O-])c2C)cc1. The third-order valence-electron chi connectivity index (χ3n) is 3.37. The van der Waals surface area contributed by atoms with Gasteiger partial charge in [-0.15, -0.1) is 0 Å². The predicted octanol–water partition coefficient (Wildman–Crippen LogP) is 2.16. The topological polar surface area (TPSA) is 90.4 Å². The van der Waals surface area contributed by atoms with Gasteiger partial charge in [-0.25, -0.2) is 0 Å². The van der Waals surface area contributed by atoms with Gasteiger partial charge in [0.1, 0.15) is 29.8 Å². The zero-order chi connectivity index (χ0) is 16.3. The molecular formula is C15H19N3O4. The van der Waals surface area contributed by atoms with E-state index in [0.29, 0.717) is 17.1 Å². The Kier molecular flexibility index (Phi) is 4.77. The maximum atomic E-state index is 10.9. The second-order valence-electron chi connectivity index (χ2n) is 5.24. The van der Waals surface area contributed by atoms with E-state index in [-0.39, 0.29) is 18.8 Å². The van der Waals surface area contributed by atoms with E-state index in [9.17, 15) is 15.2 Å². The van der Waals surface area contributed by atoms with Crippen molar-refractivity contribution >= 4 is 5.69 Å². The lowest BCUT2D eigenvalue weighted by Gasteiger charge is -2.13. The predicted molar refractivity (Wildman–Crippen MR) is 81.0 cm³/mol. The Labute approximate surface area is 128 Å². The second kappa shape index (κ2) is 6.57. The van der Waals surface area contributed by atoms with Crippen LogP contribution in [-0.2, 0) is 6.54 Å². The standard InChI is InChI=1S/C15H19N3O4/c1-10-4-6-14(7-5-10)22-9-13(19)8-17-12(3)15(18(20)21)11(2)16-17/h4-7,13,19H,8-9H2,1-3H3. The van der Waals surface area contributed by atoms with Crippen LogP contribution in [0.4, 0.5) is 5.69 Å². The Balaban J connectivity index is 1.97. The Hall–Kier alpha value is -2.41. The van der Waals surface area contributed by atoms with Crippen molar-refractivity contribution in [3.63, 3.8) is 0 Å². The zero-order valence-corrected chi connectivity index (χ0v) is 12.8. The summed E-state index contributed by atoms with van der Waals surface area (Å²) in [4.78, 5) is 10.5. The van der Waals surface area contributed by atoms with Crippen molar-refractivity contribution in [1.82, 2.24) is 9.78 Å². The van der Waals surface area contributed by atoms with E-state index < -0.39 is 11.0 Å². The quantitative estimate of drug-likeness (QED) is 0.652. The molecular weight excluding hydrogens is 286 g/mol. The molecule has 0 amide bonds. The van der Waals surface area contributed by atoms with Crippen molar-refractivity contribution in [2.45, 2.75) is 33.4 Å². The third-order valence-corrected chi connectivity index (χ3v) is 3.37. The number of aliphatic hydroxyl groups excluding tert-OH is 1. The number of aliphatic hydroxyl groups is 1. The largest absolute Gasteiger partial charge is 0.491 e. The smallest absolute Gasteiger partial charge is 0.312 e. The lowest BCUT2D eigenvalue weighted by atomic mass is 10.2. The molecule has 0 fully saturated rings. The van der Waals surface area contributed by atoms with Gasteiger partial charge in [-0.3, -0.25) is 14.8 Å². The Bertz CT molecular complexity index is 664. The molecule has 1 aromatic carbocycles. The number of nitro groups is 1. The first kappa shape index (κ1) is 16.0. The number of hydrogen-bond donors (Lipinski definition) is 1. The van der Waals surface area contributed by atoms with Crippen LogP contribution >= 0.6 is 0 Å². The zero-order valence-electron chi connectivity index (χ0n) is 12.8. The van der Waals surface area contributed by atoms with Crippen LogP contribution in [0.5, 0.6) is 5.75 Å². The number of benzene rings is 1. The molecule has 1 unspecified atom stereocenters. The molecule has 0 saturated heterocycles. The van der Waals surface area contributed by atoms with E-state index in [4.69, 9.17) is 4.74 Å². The minimum Gasteiger partial charge on any atom is -0.491 e. The molecule has 1 aromatic heterocycles. The van der Waals surface area contributed by atoms with Gasteiger partial charge in [0, 0.05) is 0 Å². The number of aromatic nitrogens is 2. The van der Waals surface area contributed by atoms with Gasteiger partial charge in [0.25, 0.3) is 0 Å². The highest BCUT2D eigenvalue weighted by Crippen LogP contribution is 2.22. The van der Waals surface area contributed by atoms with Crippen LogP contribution < -0.4 is 4.74 Å². The molecule has 118 valence electrons. The maximum Gasteiger partial charge on any atom is 0.312 e. The van der Waals surface area contributed by atoms with Crippen LogP contribution in [0.3, 0.4) is 0 Å². The van der Waals surface area contributed by atoms with E-state index in [2.05, 4.69) is 5.10 Å². The fourth-order valence-electron chi connectivity index (χ4n) is 2.21. The van der Waals surface area contributed by atoms with Crippen LogP contribution in [0.1, 0.15) is 17.0 Å². The van der Waals surface area contributed by atoms with Crippen molar-refractivity contribution < 1.29 is 14.8 Å². The molecule has 0 radical (unpaired) electrons. The Morgan fingerprint density at radius 1 is 1.32 bits per heavy atom. The lowest BCUT2D eigenvalue weighted by Crippen LogP contribution is -2.24. The van der Waals surface area contributed by atoms with Gasteiger partial charge >= 0.3 is 5.69 Å². The molecule has 1 N–H and O–H groups in total. The van der Waals surface area contributed by atoms with Crippen LogP contribution in [0.25, 0.3) is 0 Å². The maximum absolute atomic E-state index is 10.9. The van der Waals surface area contributed by atoms with Crippen LogP contribution in [0.2, 0.25) is 0 Å². The second-order valence-corrected chi connectivity index (χ2v) is 5.24. The van der Waals surface area contributed by atoms with Crippen LogP contribution in [-0.4, -0.2) is 32.5 Å². The molecule has 22 heavy (non-hydrogen) atoms. The third kappa shape index (κ3) is 3.62. The molecule has 2 rings (SSSR count). The number of hydrogen-bond acceptors (Lipinski definition) is 5. The van der Waals surface area contributed by atoms with Crippen molar-refractivity contribution in [1.29, 1.82) is 0 Å². The van der Waals surface area contributed by atoms with Gasteiger partial charge in [0.15, 0.2) is 0 Å². The van der Waals surface area contributed by atoms with E-state index in [1.54, 1.807) is 13.8 Å². The molecule has 0 bridgehead atoms. The average molecular weight is 305 g/mol. The highest BCUT2D eigenvalue weighted by molar-refractivity contribution is 5.39. The van der Waals surface area contributed by atoms with Gasteiger partial charge in [-0.05, 0) is 32.9 Å². The van der Waals surface area contributed by atoms with E-state index in [1.807, 2.05) is 31.2 Å². The summed E-state index contributed by atoms with van der Waals surface area (Å²) < 4.78 is 6.94. The van der Waals surface area contributed by atoms with Crippen molar-refractivity contribution in [2.24, 2.45) is 0 Å². The number of aryl methyl sites for hydroxylation is 2. The normalized spacial score (nSPS) is 12.2. The van der Waals surface area contributed by atoms with Crippen LogP contribution in [0.15, 0.2) is 24.3 Å². The van der Waals surface area contributed by atoms with Crippen molar-refractivity contribution in [2.75, 3.05) is 6.61 Å². The van der Waals surface area contributed by atoms with Gasteiger partial charge in [-0.2, -0.15) is 5.10 Å². The average Bonchev–Trinajstić information content (AvgIpc) is 2.72. The monoisotopic (exact) mass is 305 g/mol. The van der Waals surface area contributed by atoms with E-state index in [1.165, 1.54) is 4.68 Å². The molecule has 2 aromatic rings.